The number of hydrogen-bond acceptors (Lipinski definition) is 0. The third-order valence-electron chi connectivity index (χ3n) is 3.37. The van der Waals surface area contributed by atoms with Gasteiger partial charge in [0, 0.05) is 0 Å². The second-order valence-corrected chi connectivity index (χ2v) is 4.77. The van der Waals surface area contributed by atoms with Crippen LogP contribution in [-0.4, -0.2) is 0 Å². The molecule has 0 unspecified atom stereocenters. The van der Waals surface area contributed by atoms with Crippen molar-refractivity contribution in [2.75, 3.05) is 0 Å². The quantitative estimate of drug-likeness (QED) is 0.693. The maximum absolute atomic E-state index is 2.31. The first-order chi connectivity index (χ1) is 8.83. The number of hydrogen-bond donors (Lipinski definition) is 0. The lowest BCUT2D eigenvalue weighted by atomic mass is 10.0. The van der Waals surface area contributed by atoms with Crippen LogP contribution < -0.4 is 0 Å². The molecule has 0 radical (unpaired) electrons. The Morgan fingerprint density at radius 2 is 1.61 bits per heavy atom. The zero-order valence-electron chi connectivity index (χ0n) is 10.6. The van der Waals surface area contributed by atoms with Gasteiger partial charge in [-0.1, -0.05) is 72.3 Å². The Balaban J connectivity index is 1.91. The van der Waals surface area contributed by atoms with E-state index in [4.69, 9.17) is 0 Å². The summed E-state index contributed by atoms with van der Waals surface area (Å²) in [4.78, 5) is 0. The van der Waals surface area contributed by atoms with Crippen molar-refractivity contribution in [3.8, 4) is 0 Å². The van der Waals surface area contributed by atoms with Crippen molar-refractivity contribution >= 4 is 11.1 Å². The number of benzene rings is 2. The molecular formula is C18H16. The summed E-state index contributed by atoms with van der Waals surface area (Å²) < 4.78 is 0. The third kappa shape index (κ3) is 2.14. The molecule has 88 valence electrons. The Labute approximate surface area is 108 Å². The smallest absolute Gasteiger partial charge is 0.00821 e. The van der Waals surface area contributed by atoms with Gasteiger partial charge < -0.3 is 0 Å². The van der Waals surface area contributed by atoms with Gasteiger partial charge in [-0.2, -0.15) is 0 Å². The molecule has 0 saturated carbocycles. The Morgan fingerprint density at radius 1 is 0.833 bits per heavy atom. The zero-order valence-corrected chi connectivity index (χ0v) is 10.6. The van der Waals surface area contributed by atoms with Crippen molar-refractivity contribution in [3.05, 3.63) is 83.4 Å². The van der Waals surface area contributed by atoms with Crippen LogP contribution in [0.15, 0.2) is 66.7 Å². The van der Waals surface area contributed by atoms with Crippen molar-refractivity contribution < 1.29 is 0 Å². The summed E-state index contributed by atoms with van der Waals surface area (Å²) in [5.74, 6) is 0. The summed E-state index contributed by atoms with van der Waals surface area (Å²) in [5.41, 5.74) is 6.73. The van der Waals surface area contributed by atoms with Gasteiger partial charge in [-0.25, -0.2) is 0 Å². The molecule has 0 saturated heterocycles. The first-order valence-electron chi connectivity index (χ1n) is 6.36. The zero-order chi connectivity index (χ0) is 12.4. The largest absolute Gasteiger partial charge is 0.0722 e. The average molecular weight is 232 g/mol. The lowest BCUT2D eigenvalue weighted by Crippen LogP contribution is -1.81. The van der Waals surface area contributed by atoms with Crippen molar-refractivity contribution in [2.24, 2.45) is 0 Å². The van der Waals surface area contributed by atoms with Crippen LogP contribution in [0.3, 0.4) is 0 Å². The molecule has 0 N–H and O–H groups in total. The molecule has 2 aromatic carbocycles. The predicted molar refractivity (Wildman–Crippen MR) is 78.2 cm³/mol. The number of aryl methyl sites for hydroxylation is 1. The van der Waals surface area contributed by atoms with E-state index in [1.165, 1.54) is 27.8 Å². The summed E-state index contributed by atoms with van der Waals surface area (Å²) in [7, 11) is 0. The standard InChI is InChI=1S/C18H16/c1-14-6-5-9-16(12-14)18-11-10-17(13-18)15-7-3-2-4-8-15/h2-10,12-13H,11H2,1H3. The van der Waals surface area contributed by atoms with Gasteiger partial charge >= 0.3 is 0 Å². The van der Waals surface area contributed by atoms with E-state index in [0.717, 1.165) is 6.42 Å². The van der Waals surface area contributed by atoms with Gasteiger partial charge in [0.25, 0.3) is 0 Å². The second kappa shape index (κ2) is 4.66. The van der Waals surface area contributed by atoms with Gasteiger partial charge in [0.2, 0.25) is 0 Å². The molecule has 0 aromatic heterocycles. The Kier molecular flexibility index (Phi) is 2.85. The summed E-state index contributed by atoms with van der Waals surface area (Å²) in [6, 6.07) is 19.3. The molecule has 0 heteroatoms. The van der Waals surface area contributed by atoms with E-state index in [1.54, 1.807) is 0 Å². The van der Waals surface area contributed by atoms with Crippen LogP contribution in [0, 0.1) is 6.92 Å². The fraction of sp³-hybridized carbons (Fsp3) is 0.111. The highest BCUT2D eigenvalue weighted by Crippen LogP contribution is 2.32. The SMILES string of the molecule is Cc1cccc(C2=CC(c3ccccc3)=CC2)c1. The van der Waals surface area contributed by atoms with Crippen LogP contribution in [0.4, 0.5) is 0 Å². The molecule has 18 heavy (non-hydrogen) atoms. The normalized spacial score (nSPS) is 14.3. The molecule has 0 spiro atoms. The Hall–Kier alpha value is -2.08. The van der Waals surface area contributed by atoms with Crippen LogP contribution in [0.1, 0.15) is 23.1 Å². The van der Waals surface area contributed by atoms with E-state index in [2.05, 4.69) is 73.7 Å². The fourth-order valence-electron chi connectivity index (χ4n) is 2.40. The van der Waals surface area contributed by atoms with Crippen LogP contribution in [-0.2, 0) is 0 Å². The van der Waals surface area contributed by atoms with Crippen molar-refractivity contribution in [3.63, 3.8) is 0 Å². The summed E-state index contributed by atoms with van der Waals surface area (Å²) in [6.07, 6.45) is 5.66. The lowest BCUT2D eigenvalue weighted by molar-refractivity contribution is 1.39. The van der Waals surface area contributed by atoms with Crippen LogP contribution in [0.5, 0.6) is 0 Å². The van der Waals surface area contributed by atoms with Crippen molar-refractivity contribution in [1.29, 1.82) is 0 Å². The fourth-order valence-corrected chi connectivity index (χ4v) is 2.40. The molecule has 0 nitrogen and oxygen atoms in total. The monoisotopic (exact) mass is 232 g/mol. The highest BCUT2D eigenvalue weighted by atomic mass is 14.1. The minimum Gasteiger partial charge on any atom is -0.0722 e. The van der Waals surface area contributed by atoms with E-state index < -0.39 is 0 Å². The molecule has 0 amide bonds. The van der Waals surface area contributed by atoms with Gasteiger partial charge in [0.1, 0.15) is 0 Å². The first kappa shape index (κ1) is 11.0. The second-order valence-electron chi connectivity index (χ2n) is 4.77. The highest BCUT2D eigenvalue weighted by Gasteiger charge is 2.09. The average Bonchev–Trinajstić information content (AvgIpc) is 2.89. The van der Waals surface area contributed by atoms with Crippen LogP contribution >= 0.6 is 0 Å². The van der Waals surface area contributed by atoms with Crippen LogP contribution in [0.25, 0.3) is 11.1 Å². The highest BCUT2D eigenvalue weighted by molar-refractivity contribution is 5.89. The Morgan fingerprint density at radius 3 is 2.39 bits per heavy atom. The topological polar surface area (TPSA) is 0 Å². The number of allylic oxidation sites excluding steroid dienone is 4. The van der Waals surface area contributed by atoms with E-state index in [9.17, 15) is 0 Å². The minimum atomic E-state index is 1.04. The third-order valence-corrected chi connectivity index (χ3v) is 3.37. The van der Waals surface area contributed by atoms with Gasteiger partial charge in [-0.05, 0) is 35.6 Å². The predicted octanol–water partition coefficient (Wildman–Crippen LogP) is 4.87. The summed E-state index contributed by atoms with van der Waals surface area (Å²) >= 11 is 0. The van der Waals surface area contributed by atoms with Gasteiger partial charge in [0.05, 0.1) is 0 Å². The summed E-state index contributed by atoms with van der Waals surface area (Å²) in [5, 5.41) is 0. The van der Waals surface area contributed by atoms with Gasteiger partial charge in [-0.15, -0.1) is 0 Å². The maximum atomic E-state index is 2.31. The Bertz CT molecular complexity index is 615. The molecule has 2 aromatic rings. The number of rotatable bonds is 2. The van der Waals surface area contributed by atoms with Gasteiger partial charge in [0.15, 0.2) is 0 Å². The molecule has 0 fully saturated rings. The summed E-state index contributed by atoms with van der Waals surface area (Å²) in [6.45, 7) is 2.14. The molecule has 1 aliphatic rings. The molecule has 3 rings (SSSR count). The molecule has 1 aliphatic carbocycles. The van der Waals surface area contributed by atoms with E-state index in [0.29, 0.717) is 0 Å². The van der Waals surface area contributed by atoms with Crippen molar-refractivity contribution in [2.45, 2.75) is 13.3 Å². The van der Waals surface area contributed by atoms with E-state index in [1.807, 2.05) is 0 Å². The van der Waals surface area contributed by atoms with Crippen molar-refractivity contribution in [1.82, 2.24) is 0 Å². The first-order valence-corrected chi connectivity index (χ1v) is 6.36. The molecular weight excluding hydrogens is 216 g/mol. The van der Waals surface area contributed by atoms with Crippen LogP contribution in [0.2, 0.25) is 0 Å². The minimum absolute atomic E-state index is 1.04. The van der Waals surface area contributed by atoms with E-state index in [-0.39, 0.29) is 0 Å². The maximum Gasteiger partial charge on any atom is -0.00821 e. The molecule has 0 heterocycles. The molecule has 0 aliphatic heterocycles. The molecule has 0 bridgehead atoms. The van der Waals surface area contributed by atoms with Gasteiger partial charge in [-0.3, -0.25) is 0 Å². The van der Waals surface area contributed by atoms with E-state index >= 15 is 0 Å². The lowest BCUT2D eigenvalue weighted by Gasteiger charge is -2.03. The molecule has 0 atom stereocenters.